The van der Waals surface area contributed by atoms with Gasteiger partial charge in [0.15, 0.2) is 0 Å². The summed E-state index contributed by atoms with van der Waals surface area (Å²) in [7, 11) is 0. The number of allylic oxidation sites excluding steroid dienone is 1. The Bertz CT molecular complexity index is 363. The molecule has 1 heterocycles. The molecule has 0 bridgehead atoms. The summed E-state index contributed by atoms with van der Waals surface area (Å²) in [5.74, 6) is -0.745. The second-order valence-corrected chi connectivity index (χ2v) is 4.26. The largest absolute Gasteiger partial charge is 0.478 e. The first kappa shape index (κ1) is 9.46. The number of hydrogen-bond acceptors (Lipinski definition) is 2. The third-order valence-corrected chi connectivity index (χ3v) is 3.28. The molecule has 0 aromatic carbocycles. The fourth-order valence-electron chi connectivity index (χ4n) is 1.90. The standard InChI is InChI=1S/C11H12O2S/c12-11(13)10-4-2-1-3-9(10)8-5-6-14-7-8/h5-7H,1-4H2,(H,12,13). The summed E-state index contributed by atoms with van der Waals surface area (Å²) in [4.78, 5) is 11.0. The lowest BCUT2D eigenvalue weighted by atomic mass is 9.88. The van der Waals surface area contributed by atoms with Gasteiger partial charge < -0.3 is 5.11 Å². The van der Waals surface area contributed by atoms with E-state index in [4.69, 9.17) is 5.11 Å². The van der Waals surface area contributed by atoms with E-state index in [0.29, 0.717) is 5.57 Å². The highest BCUT2D eigenvalue weighted by Gasteiger charge is 2.19. The molecular formula is C11H12O2S. The van der Waals surface area contributed by atoms with Crippen LogP contribution in [-0.4, -0.2) is 11.1 Å². The van der Waals surface area contributed by atoms with Crippen LogP contribution in [0.2, 0.25) is 0 Å². The third-order valence-electron chi connectivity index (χ3n) is 2.60. The van der Waals surface area contributed by atoms with E-state index in [1.807, 2.05) is 16.8 Å². The molecule has 1 aromatic rings. The minimum absolute atomic E-state index is 0.620. The van der Waals surface area contributed by atoms with Crippen LogP contribution < -0.4 is 0 Å². The predicted molar refractivity (Wildman–Crippen MR) is 57.3 cm³/mol. The molecule has 1 N–H and O–H groups in total. The topological polar surface area (TPSA) is 37.3 Å². The van der Waals surface area contributed by atoms with Gasteiger partial charge in [0.25, 0.3) is 0 Å². The van der Waals surface area contributed by atoms with Crippen molar-refractivity contribution in [1.82, 2.24) is 0 Å². The average Bonchev–Trinajstić information content (AvgIpc) is 2.70. The second kappa shape index (κ2) is 3.96. The highest BCUT2D eigenvalue weighted by Crippen LogP contribution is 2.33. The van der Waals surface area contributed by atoms with Gasteiger partial charge in [-0.05, 0) is 53.6 Å². The molecule has 0 saturated carbocycles. The summed E-state index contributed by atoms with van der Waals surface area (Å²) in [5, 5.41) is 13.1. The number of carbonyl (C=O) groups is 1. The van der Waals surface area contributed by atoms with E-state index in [-0.39, 0.29) is 0 Å². The van der Waals surface area contributed by atoms with Crippen LogP contribution in [0.15, 0.2) is 22.4 Å². The molecule has 0 aliphatic heterocycles. The van der Waals surface area contributed by atoms with Crippen LogP contribution in [-0.2, 0) is 4.79 Å². The lowest BCUT2D eigenvalue weighted by molar-refractivity contribution is -0.132. The minimum Gasteiger partial charge on any atom is -0.478 e. The van der Waals surface area contributed by atoms with Gasteiger partial charge in [-0.2, -0.15) is 11.3 Å². The van der Waals surface area contributed by atoms with Gasteiger partial charge in [0, 0.05) is 5.57 Å². The van der Waals surface area contributed by atoms with Crippen LogP contribution in [0.1, 0.15) is 31.2 Å². The summed E-state index contributed by atoms with van der Waals surface area (Å²) in [6.07, 6.45) is 3.76. The molecule has 1 aliphatic rings. The van der Waals surface area contributed by atoms with Crippen LogP contribution in [0.3, 0.4) is 0 Å². The SMILES string of the molecule is O=C(O)C1=C(c2ccsc2)CCCC1. The molecule has 0 spiro atoms. The lowest BCUT2D eigenvalue weighted by Gasteiger charge is -2.16. The van der Waals surface area contributed by atoms with Crippen molar-refractivity contribution in [3.8, 4) is 0 Å². The Morgan fingerprint density at radius 2 is 2.14 bits per heavy atom. The van der Waals surface area contributed by atoms with E-state index in [2.05, 4.69) is 0 Å². The van der Waals surface area contributed by atoms with Crippen LogP contribution in [0.25, 0.3) is 5.57 Å². The Balaban J connectivity index is 2.42. The van der Waals surface area contributed by atoms with Crippen LogP contribution >= 0.6 is 11.3 Å². The quantitative estimate of drug-likeness (QED) is 0.810. The molecule has 14 heavy (non-hydrogen) atoms. The number of rotatable bonds is 2. The average molecular weight is 208 g/mol. The summed E-state index contributed by atoms with van der Waals surface area (Å²) < 4.78 is 0. The smallest absolute Gasteiger partial charge is 0.331 e. The Morgan fingerprint density at radius 1 is 1.36 bits per heavy atom. The second-order valence-electron chi connectivity index (χ2n) is 3.48. The van der Waals surface area contributed by atoms with E-state index in [9.17, 15) is 4.79 Å². The normalized spacial score (nSPS) is 17.1. The predicted octanol–water partition coefficient (Wildman–Crippen LogP) is 3.16. The zero-order valence-corrected chi connectivity index (χ0v) is 8.64. The minimum atomic E-state index is -0.745. The van der Waals surface area contributed by atoms with Crippen molar-refractivity contribution >= 4 is 22.9 Å². The first-order valence-corrected chi connectivity index (χ1v) is 5.71. The van der Waals surface area contributed by atoms with Gasteiger partial charge in [-0.15, -0.1) is 0 Å². The van der Waals surface area contributed by atoms with Gasteiger partial charge in [0.05, 0.1) is 0 Å². The number of thiophene rings is 1. The Hall–Kier alpha value is -1.09. The fraction of sp³-hybridized carbons (Fsp3) is 0.364. The lowest BCUT2D eigenvalue weighted by Crippen LogP contribution is -2.08. The van der Waals surface area contributed by atoms with Gasteiger partial charge in [-0.1, -0.05) is 0 Å². The molecule has 1 aliphatic carbocycles. The maximum atomic E-state index is 11.0. The van der Waals surface area contributed by atoms with Gasteiger partial charge in [-0.3, -0.25) is 0 Å². The van der Waals surface area contributed by atoms with Crippen LogP contribution in [0.4, 0.5) is 0 Å². The molecule has 0 amide bonds. The molecular weight excluding hydrogens is 196 g/mol. The van der Waals surface area contributed by atoms with Gasteiger partial charge in [0.1, 0.15) is 0 Å². The summed E-state index contributed by atoms with van der Waals surface area (Å²) in [5.41, 5.74) is 2.77. The van der Waals surface area contributed by atoms with Gasteiger partial charge in [-0.25, -0.2) is 4.79 Å². The van der Waals surface area contributed by atoms with E-state index in [0.717, 1.165) is 36.8 Å². The third kappa shape index (κ3) is 1.73. The highest BCUT2D eigenvalue weighted by atomic mass is 32.1. The van der Waals surface area contributed by atoms with Crippen LogP contribution in [0.5, 0.6) is 0 Å². The van der Waals surface area contributed by atoms with E-state index < -0.39 is 5.97 Å². The molecule has 0 saturated heterocycles. The molecule has 0 unspecified atom stereocenters. The zero-order chi connectivity index (χ0) is 9.97. The number of carboxylic acids is 1. The molecule has 74 valence electrons. The summed E-state index contributed by atoms with van der Waals surface area (Å²) >= 11 is 1.62. The van der Waals surface area contributed by atoms with Crippen molar-refractivity contribution in [2.75, 3.05) is 0 Å². The van der Waals surface area contributed by atoms with Gasteiger partial charge >= 0.3 is 5.97 Å². The van der Waals surface area contributed by atoms with Crippen molar-refractivity contribution in [3.05, 3.63) is 28.0 Å². The van der Waals surface area contributed by atoms with E-state index in [1.54, 1.807) is 11.3 Å². The zero-order valence-electron chi connectivity index (χ0n) is 7.82. The van der Waals surface area contributed by atoms with Crippen LogP contribution in [0, 0.1) is 0 Å². The summed E-state index contributed by atoms with van der Waals surface area (Å²) in [6.45, 7) is 0. The highest BCUT2D eigenvalue weighted by molar-refractivity contribution is 7.08. The fourth-order valence-corrected chi connectivity index (χ4v) is 2.57. The molecule has 1 aromatic heterocycles. The summed E-state index contributed by atoms with van der Waals surface area (Å²) in [6, 6.07) is 2.01. The van der Waals surface area contributed by atoms with Crippen molar-refractivity contribution in [2.24, 2.45) is 0 Å². The maximum absolute atomic E-state index is 11.0. The first-order valence-electron chi connectivity index (χ1n) is 4.77. The van der Waals surface area contributed by atoms with E-state index in [1.165, 1.54) is 0 Å². The van der Waals surface area contributed by atoms with Crippen molar-refractivity contribution in [3.63, 3.8) is 0 Å². The Labute approximate surface area is 86.9 Å². The molecule has 0 atom stereocenters. The Morgan fingerprint density at radius 3 is 2.79 bits per heavy atom. The number of hydrogen-bond donors (Lipinski definition) is 1. The molecule has 3 heteroatoms. The molecule has 2 nitrogen and oxygen atoms in total. The number of carboxylic acid groups (broad SMARTS) is 1. The Kier molecular flexibility index (Phi) is 2.68. The number of aliphatic carboxylic acids is 1. The monoisotopic (exact) mass is 208 g/mol. The van der Waals surface area contributed by atoms with Crippen molar-refractivity contribution in [2.45, 2.75) is 25.7 Å². The maximum Gasteiger partial charge on any atom is 0.331 e. The van der Waals surface area contributed by atoms with Gasteiger partial charge in [0.2, 0.25) is 0 Å². The van der Waals surface area contributed by atoms with E-state index >= 15 is 0 Å². The molecule has 0 fully saturated rings. The van der Waals surface area contributed by atoms with Crippen molar-refractivity contribution < 1.29 is 9.90 Å². The first-order chi connectivity index (χ1) is 6.79. The molecule has 0 radical (unpaired) electrons. The van der Waals surface area contributed by atoms with Crippen molar-refractivity contribution in [1.29, 1.82) is 0 Å². The molecule has 2 rings (SSSR count).